The normalized spacial score (nSPS) is 14.2. The van der Waals surface area contributed by atoms with Crippen molar-refractivity contribution in [2.45, 2.75) is 0 Å². The van der Waals surface area contributed by atoms with Gasteiger partial charge in [0.15, 0.2) is 0 Å². The van der Waals surface area contributed by atoms with E-state index in [1.54, 1.807) is 0 Å². The van der Waals surface area contributed by atoms with Crippen LogP contribution in [0.2, 0.25) is 0 Å². The number of rotatable bonds is 3. The Morgan fingerprint density at radius 3 is 2.09 bits per heavy atom. The third-order valence-corrected chi connectivity index (χ3v) is 6.49. The SMILES string of the molecule is N=C1/C(=C(/c2cccc(-c3ccccc3)c2)c2ccc3ccccc3c2)C=Cc2ccccc21. The standard InChI is InChI=1S/C33H23N/c34-33-30-16-7-6-12-25(30)19-20-31(33)32(29-18-17-24-11-4-5-13-26(24)22-29)28-15-8-14-27(21-28)23-9-2-1-3-10-23/h1-22,34H/b32-31-,34-33?. The van der Waals surface area contributed by atoms with Crippen molar-refractivity contribution in [2.24, 2.45) is 0 Å². The molecule has 0 heterocycles. The predicted molar refractivity (Wildman–Crippen MR) is 144 cm³/mol. The fourth-order valence-corrected chi connectivity index (χ4v) is 4.79. The van der Waals surface area contributed by atoms with Crippen LogP contribution in [0.15, 0.2) is 133 Å². The zero-order valence-electron chi connectivity index (χ0n) is 18.7. The summed E-state index contributed by atoms with van der Waals surface area (Å²) in [7, 11) is 0. The van der Waals surface area contributed by atoms with Gasteiger partial charge in [-0.25, -0.2) is 0 Å². The van der Waals surface area contributed by atoms with E-state index in [-0.39, 0.29) is 0 Å². The van der Waals surface area contributed by atoms with Gasteiger partial charge in [0.05, 0.1) is 5.71 Å². The van der Waals surface area contributed by atoms with Crippen LogP contribution in [0.1, 0.15) is 22.3 Å². The van der Waals surface area contributed by atoms with E-state index in [2.05, 4.69) is 109 Å². The van der Waals surface area contributed by atoms with Crippen LogP contribution in [0.3, 0.4) is 0 Å². The molecular weight excluding hydrogens is 410 g/mol. The molecule has 34 heavy (non-hydrogen) atoms. The third-order valence-electron chi connectivity index (χ3n) is 6.49. The molecule has 160 valence electrons. The highest BCUT2D eigenvalue weighted by Crippen LogP contribution is 2.36. The van der Waals surface area contributed by atoms with Crippen LogP contribution < -0.4 is 0 Å². The molecule has 0 bridgehead atoms. The van der Waals surface area contributed by atoms with Crippen LogP contribution in [0, 0.1) is 5.41 Å². The van der Waals surface area contributed by atoms with Gasteiger partial charge < -0.3 is 0 Å². The minimum absolute atomic E-state index is 0.561. The predicted octanol–water partition coefficient (Wildman–Crippen LogP) is 8.40. The maximum Gasteiger partial charge on any atom is 0.0697 e. The van der Waals surface area contributed by atoms with Gasteiger partial charge in [0.1, 0.15) is 0 Å². The monoisotopic (exact) mass is 433 g/mol. The molecule has 1 nitrogen and oxygen atoms in total. The van der Waals surface area contributed by atoms with Crippen LogP contribution in [0.4, 0.5) is 0 Å². The summed E-state index contributed by atoms with van der Waals surface area (Å²) in [5, 5.41) is 11.5. The number of nitrogens with one attached hydrogen (secondary N) is 1. The molecule has 6 rings (SSSR count). The lowest BCUT2D eigenvalue weighted by Gasteiger charge is -2.20. The van der Waals surface area contributed by atoms with Crippen molar-refractivity contribution in [3.05, 3.63) is 155 Å². The number of hydrogen-bond acceptors (Lipinski definition) is 1. The highest BCUT2D eigenvalue weighted by molar-refractivity contribution is 6.22. The Hall–Kier alpha value is -4.49. The summed E-state index contributed by atoms with van der Waals surface area (Å²) in [6.07, 6.45) is 4.23. The van der Waals surface area contributed by atoms with E-state index in [0.29, 0.717) is 5.71 Å². The van der Waals surface area contributed by atoms with Crippen LogP contribution in [0.5, 0.6) is 0 Å². The summed E-state index contributed by atoms with van der Waals surface area (Å²) in [6, 6.07) is 42.3. The lowest BCUT2D eigenvalue weighted by molar-refractivity contribution is 1.43. The lowest BCUT2D eigenvalue weighted by atomic mass is 9.83. The minimum atomic E-state index is 0.561. The third kappa shape index (κ3) is 3.58. The molecule has 1 aliphatic rings. The topological polar surface area (TPSA) is 23.9 Å². The van der Waals surface area contributed by atoms with Gasteiger partial charge in [-0.2, -0.15) is 0 Å². The smallest absolute Gasteiger partial charge is 0.0697 e. The average molecular weight is 434 g/mol. The number of benzene rings is 5. The van der Waals surface area contributed by atoms with Crippen molar-refractivity contribution in [1.82, 2.24) is 0 Å². The van der Waals surface area contributed by atoms with Crippen molar-refractivity contribution in [3.8, 4) is 11.1 Å². The second-order valence-corrected chi connectivity index (χ2v) is 8.59. The Kier molecular flexibility index (Phi) is 5.01. The molecule has 0 aromatic heterocycles. The van der Waals surface area contributed by atoms with E-state index in [0.717, 1.165) is 33.4 Å². The molecular formula is C33H23N. The first-order chi connectivity index (χ1) is 16.8. The molecule has 0 fully saturated rings. The molecule has 1 N–H and O–H groups in total. The molecule has 0 spiro atoms. The van der Waals surface area contributed by atoms with Crippen molar-refractivity contribution < 1.29 is 0 Å². The van der Waals surface area contributed by atoms with Crippen LogP contribution >= 0.6 is 0 Å². The first-order valence-corrected chi connectivity index (χ1v) is 11.5. The molecule has 0 amide bonds. The molecule has 0 saturated carbocycles. The first kappa shape index (κ1) is 20.1. The molecule has 0 saturated heterocycles. The average Bonchev–Trinajstić information content (AvgIpc) is 2.91. The number of allylic oxidation sites excluding steroid dienone is 2. The van der Waals surface area contributed by atoms with Crippen LogP contribution in [-0.4, -0.2) is 5.71 Å². The van der Waals surface area contributed by atoms with Crippen molar-refractivity contribution in [1.29, 1.82) is 5.41 Å². The van der Waals surface area contributed by atoms with Gasteiger partial charge in [-0.1, -0.05) is 121 Å². The molecule has 5 aromatic carbocycles. The van der Waals surface area contributed by atoms with Gasteiger partial charge in [-0.15, -0.1) is 0 Å². The highest BCUT2D eigenvalue weighted by atomic mass is 14.4. The van der Waals surface area contributed by atoms with E-state index < -0.39 is 0 Å². The molecule has 0 atom stereocenters. The fraction of sp³-hybridized carbons (Fsp3) is 0. The van der Waals surface area contributed by atoms with Gasteiger partial charge in [-0.3, -0.25) is 5.41 Å². The van der Waals surface area contributed by atoms with Gasteiger partial charge >= 0.3 is 0 Å². The van der Waals surface area contributed by atoms with Crippen molar-refractivity contribution in [2.75, 3.05) is 0 Å². The minimum Gasteiger partial charge on any atom is -0.300 e. The fourth-order valence-electron chi connectivity index (χ4n) is 4.79. The first-order valence-electron chi connectivity index (χ1n) is 11.5. The molecule has 1 heteroatoms. The van der Waals surface area contributed by atoms with E-state index in [1.807, 2.05) is 24.3 Å². The largest absolute Gasteiger partial charge is 0.300 e. The van der Waals surface area contributed by atoms with Gasteiger partial charge in [0.25, 0.3) is 0 Å². The Morgan fingerprint density at radius 1 is 0.500 bits per heavy atom. The van der Waals surface area contributed by atoms with Crippen molar-refractivity contribution >= 4 is 28.1 Å². The molecule has 0 unspecified atom stereocenters. The van der Waals surface area contributed by atoms with Crippen molar-refractivity contribution in [3.63, 3.8) is 0 Å². The Bertz CT molecular complexity index is 1600. The Balaban J connectivity index is 1.60. The maximum atomic E-state index is 9.13. The quantitative estimate of drug-likeness (QED) is 0.295. The zero-order chi connectivity index (χ0) is 22.9. The van der Waals surface area contributed by atoms with E-state index in [9.17, 15) is 0 Å². The summed E-state index contributed by atoms with van der Waals surface area (Å²) < 4.78 is 0. The number of fused-ring (bicyclic) bond motifs is 2. The van der Waals surface area contributed by atoms with Gasteiger partial charge in [-0.05, 0) is 56.3 Å². The summed E-state index contributed by atoms with van der Waals surface area (Å²) >= 11 is 0. The summed E-state index contributed by atoms with van der Waals surface area (Å²) in [5.41, 5.74) is 9.23. The second-order valence-electron chi connectivity index (χ2n) is 8.59. The maximum absolute atomic E-state index is 9.13. The zero-order valence-corrected chi connectivity index (χ0v) is 18.7. The van der Waals surface area contributed by atoms with E-state index >= 15 is 0 Å². The summed E-state index contributed by atoms with van der Waals surface area (Å²) in [5.74, 6) is 0. The molecule has 0 aliphatic heterocycles. The Labute approximate surface area is 199 Å². The van der Waals surface area contributed by atoms with E-state index in [1.165, 1.54) is 21.9 Å². The summed E-state index contributed by atoms with van der Waals surface area (Å²) in [6.45, 7) is 0. The molecule has 1 aliphatic carbocycles. The van der Waals surface area contributed by atoms with E-state index in [4.69, 9.17) is 5.41 Å². The highest BCUT2D eigenvalue weighted by Gasteiger charge is 2.20. The number of hydrogen-bond donors (Lipinski definition) is 1. The van der Waals surface area contributed by atoms with Gasteiger partial charge in [0, 0.05) is 11.1 Å². The van der Waals surface area contributed by atoms with Gasteiger partial charge in [0.2, 0.25) is 0 Å². The lowest BCUT2D eigenvalue weighted by Crippen LogP contribution is -2.10. The molecule has 5 aromatic rings. The summed E-state index contributed by atoms with van der Waals surface area (Å²) in [4.78, 5) is 0. The Morgan fingerprint density at radius 2 is 1.21 bits per heavy atom. The molecule has 0 radical (unpaired) electrons. The second kappa shape index (κ2) is 8.46. The van der Waals surface area contributed by atoms with Crippen LogP contribution in [0.25, 0.3) is 33.5 Å². The van der Waals surface area contributed by atoms with Crippen LogP contribution in [-0.2, 0) is 0 Å².